The first-order valence-corrected chi connectivity index (χ1v) is 7.00. The summed E-state index contributed by atoms with van der Waals surface area (Å²) in [5.41, 5.74) is 5.87. The minimum atomic E-state index is -0.417. The van der Waals surface area contributed by atoms with Crippen LogP contribution < -0.4 is 0 Å². The highest BCUT2D eigenvalue weighted by molar-refractivity contribution is 5.79. The van der Waals surface area contributed by atoms with Crippen molar-refractivity contribution in [3.63, 3.8) is 0 Å². The van der Waals surface area contributed by atoms with Gasteiger partial charge in [0.1, 0.15) is 6.61 Å². The summed E-state index contributed by atoms with van der Waals surface area (Å²) in [4.78, 5) is 16.9. The number of rotatable bonds is 3. The SMILES string of the molecule is C/C=C\c1c(/C(C)=C/C)[nH]c2c1CN(C(=O)CO)CC2. The van der Waals surface area contributed by atoms with Gasteiger partial charge in [0.2, 0.25) is 5.91 Å². The van der Waals surface area contributed by atoms with Crippen LogP contribution in [0.1, 0.15) is 43.3 Å². The number of carbonyl (C=O) groups is 1. The monoisotopic (exact) mass is 274 g/mol. The third-order valence-corrected chi connectivity index (χ3v) is 3.86. The largest absolute Gasteiger partial charge is 0.387 e. The van der Waals surface area contributed by atoms with Gasteiger partial charge in [-0.15, -0.1) is 0 Å². The lowest BCUT2D eigenvalue weighted by Gasteiger charge is -2.26. The van der Waals surface area contributed by atoms with Crippen molar-refractivity contribution in [2.24, 2.45) is 0 Å². The molecule has 4 heteroatoms. The molecular formula is C16H22N2O2. The van der Waals surface area contributed by atoms with Crippen LogP contribution in [0.15, 0.2) is 12.2 Å². The van der Waals surface area contributed by atoms with E-state index in [4.69, 9.17) is 5.11 Å². The molecule has 0 unspecified atom stereocenters. The number of fused-ring (bicyclic) bond motifs is 1. The minimum absolute atomic E-state index is 0.201. The highest BCUT2D eigenvalue weighted by atomic mass is 16.3. The van der Waals surface area contributed by atoms with Crippen molar-refractivity contribution in [3.05, 3.63) is 34.7 Å². The predicted octanol–water partition coefficient (Wildman–Crippen LogP) is 2.35. The van der Waals surface area contributed by atoms with Gasteiger partial charge in [-0.25, -0.2) is 0 Å². The average Bonchev–Trinajstić information content (AvgIpc) is 2.84. The molecule has 0 fully saturated rings. The zero-order chi connectivity index (χ0) is 14.7. The molecule has 0 aliphatic carbocycles. The molecule has 2 N–H and O–H groups in total. The minimum Gasteiger partial charge on any atom is -0.387 e. The Hall–Kier alpha value is -1.81. The van der Waals surface area contributed by atoms with Crippen molar-refractivity contribution in [3.8, 4) is 0 Å². The van der Waals surface area contributed by atoms with Gasteiger partial charge in [0.05, 0.1) is 0 Å². The summed E-state index contributed by atoms with van der Waals surface area (Å²) < 4.78 is 0. The molecule has 1 aliphatic heterocycles. The van der Waals surface area contributed by atoms with E-state index in [1.807, 2.05) is 19.9 Å². The summed E-state index contributed by atoms with van der Waals surface area (Å²) in [6, 6.07) is 0. The van der Waals surface area contributed by atoms with E-state index in [1.54, 1.807) is 4.90 Å². The van der Waals surface area contributed by atoms with Crippen LogP contribution in [0.2, 0.25) is 0 Å². The van der Waals surface area contributed by atoms with Crippen LogP contribution in [0, 0.1) is 0 Å². The lowest BCUT2D eigenvalue weighted by atomic mass is 10.0. The van der Waals surface area contributed by atoms with Crippen molar-refractivity contribution >= 4 is 17.6 Å². The van der Waals surface area contributed by atoms with Crippen LogP contribution in [0.5, 0.6) is 0 Å². The predicted molar refractivity (Wildman–Crippen MR) is 81.0 cm³/mol. The highest BCUT2D eigenvalue weighted by Crippen LogP contribution is 2.30. The molecule has 108 valence electrons. The van der Waals surface area contributed by atoms with E-state index in [0.29, 0.717) is 13.1 Å². The maximum absolute atomic E-state index is 11.7. The number of aromatic nitrogens is 1. The Bertz CT molecular complexity index is 567. The number of nitrogens with one attached hydrogen (secondary N) is 1. The number of nitrogens with zero attached hydrogens (tertiary/aromatic N) is 1. The molecule has 1 aliphatic rings. The molecule has 2 heterocycles. The van der Waals surface area contributed by atoms with Crippen LogP contribution in [-0.4, -0.2) is 34.0 Å². The summed E-state index contributed by atoms with van der Waals surface area (Å²) in [6.45, 7) is 6.92. The Morgan fingerprint density at radius 2 is 2.20 bits per heavy atom. The second-order valence-corrected chi connectivity index (χ2v) is 5.07. The highest BCUT2D eigenvalue weighted by Gasteiger charge is 2.25. The lowest BCUT2D eigenvalue weighted by molar-refractivity contribution is -0.135. The Morgan fingerprint density at radius 3 is 2.80 bits per heavy atom. The van der Waals surface area contributed by atoms with Gasteiger partial charge in [0.15, 0.2) is 0 Å². The van der Waals surface area contributed by atoms with E-state index in [2.05, 4.69) is 24.1 Å². The number of H-pyrrole nitrogens is 1. The van der Waals surface area contributed by atoms with E-state index in [0.717, 1.165) is 17.7 Å². The van der Waals surface area contributed by atoms with E-state index < -0.39 is 6.61 Å². The second-order valence-electron chi connectivity index (χ2n) is 5.07. The summed E-state index contributed by atoms with van der Waals surface area (Å²) in [5, 5.41) is 9.02. The molecule has 0 saturated carbocycles. The van der Waals surface area contributed by atoms with Crippen LogP contribution in [0.4, 0.5) is 0 Å². The average molecular weight is 274 g/mol. The van der Waals surface area contributed by atoms with Crippen molar-refractivity contribution in [2.75, 3.05) is 13.2 Å². The van der Waals surface area contributed by atoms with Crippen LogP contribution in [0.3, 0.4) is 0 Å². The van der Waals surface area contributed by atoms with Crippen LogP contribution in [0.25, 0.3) is 11.6 Å². The van der Waals surface area contributed by atoms with E-state index in [9.17, 15) is 4.79 Å². The number of carbonyl (C=O) groups excluding carboxylic acids is 1. The number of aromatic amines is 1. The van der Waals surface area contributed by atoms with Gasteiger partial charge in [-0.2, -0.15) is 0 Å². The number of allylic oxidation sites excluding steroid dienone is 3. The number of hydrogen-bond donors (Lipinski definition) is 2. The number of amides is 1. The van der Waals surface area contributed by atoms with Gasteiger partial charge < -0.3 is 15.0 Å². The van der Waals surface area contributed by atoms with Crippen molar-refractivity contribution in [1.82, 2.24) is 9.88 Å². The first kappa shape index (κ1) is 14.6. The topological polar surface area (TPSA) is 56.3 Å². The molecule has 1 amide bonds. The van der Waals surface area contributed by atoms with E-state index in [1.165, 1.54) is 16.8 Å². The molecule has 0 bridgehead atoms. The lowest BCUT2D eigenvalue weighted by Crippen LogP contribution is -2.37. The maximum atomic E-state index is 11.7. The van der Waals surface area contributed by atoms with Crippen molar-refractivity contribution in [1.29, 1.82) is 0 Å². The maximum Gasteiger partial charge on any atom is 0.248 e. The van der Waals surface area contributed by atoms with E-state index >= 15 is 0 Å². The number of aliphatic hydroxyl groups is 1. The van der Waals surface area contributed by atoms with Gasteiger partial charge in [-0.3, -0.25) is 4.79 Å². The molecule has 1 aromatic heterocycles. The first-order chi connectivity index (χ1) is 9.62. The van der Waals surface area contributed by atoms with Crippen molar-refractivity contribution < 1.29 is 9.90 Å². The van der Waals surface area contributed by atoms with Gasteiger partial charge >= 0.3 is 0 Å². The first-order valence-electron chi connectivity index (χ1n) is 7.00. The molecule has 1 aromatic rings. The molecule has 0 spiro atoms. The number of hydrogen-bond acceptors (Lipinski definition) is 2. The molecule has 4 nitrogen and oxygen atoms in total. The van der Waals surface area contributed by atoms with Gasteiger partial charge in [-0.1, -0.05) is 18.2 Å². The number of aliphatic hydroxyl groups excluding tert-OH is 1. The molecule has 0 atom stereocenters. The fourth-order valence-corrected chi connectivity index (χ4v) is 2.64. The molecule has 0 radical (unpaired) electrons. The van der Waals surface area contributed by atoms with Crippen LogP contribution in [-0.2, 0) is 17.8 Å². The summed E-state index contributed by atoms with van der Waals surface area (Å²) in [6.07, 6.45) is 7.00. The Kier molecular flexibility index (Phi) is 4.45. The molecule has 0 saturated heterocycles. The van der Waals surface area contributed by atoms with E-state index in [-0.39, 0.29) is 5.91 Å². The van der Waals surface area contributed by atoms with Crippen molar-refractivity contribution in [2.45, 2.75) is 33.7 Å². The quantitative estimate of drug-likeness (QED) is 0.889. The molecule has 0 aromatic carbocycles. The summed E-state index contributed by atoms with van der Waals surface area (Å²) in [7, 11) is 0. The summed E-state index contributed by atoms with van der Waals surface area (Å²) >= 11 is 0. The zero-order valence-corrected chi connectivity index (χ0v) is 12.4. The third-order valence-electron chi connectivity index (χ3n) is 3.86. The third kappa shape index (κ3) is 2.56. The second kappa shape index (κ2) is 6.09. The van der Waals surface area contributed by atoms with Gasteiger partial charge in [0.25, 0.3) is 0 Å². The van der Waals surface area contributed by atoms with Gasteiger partial charge in [-0.05, 0) is 26.3 Å². The molecule has 2 rings (SSSR count). The molecule has 20 heavy (non-hydrogen) atoms. The fraction of sp³-hybridized carbons (Fsp3) is 0.438. The van der Waals surface area contributed by atoms with Crippen LogP contribution >= 0.6 is 0 Å². The smallest absolute Gasteiger partial charge is 0.248 e. The Morgan fingerprint density at radius 1 is 1.45 bits per heavy atom. The summed E-state index contributed by atoms with van der Waals surface area (Å²) in [5.74, 6) is -0.201. The normalized spacial score (nSPS) is 15.8. The fourth-order valence-electron chi connectivity index (χ4n) is 2.64. The molecular weight excluding hydrogens is 252 g/mol. The Balaban J connectivity index is 2.45. The van der Waals surface area contributed by atoms with Gasteiger partial charge in [0, 0.05) is 42.0 Å². The standard InChI is InChI=1S/C16H22N2O2/c1-4-6-12-13-9-18(15(20)10-19)8-7-14(13)17-16(12)11(3)5-2/h4-6,17,19H,7-10H2,1-3H3/b6-4-,11-5+. The Labute approximate surface area is 119 Å². The zero-order valence-electron chi connectivity index (χ0n) is 12.4.